The third-order valence-electron chi connectivity index (χ3n) is 4.00. The number of methoxy groups -OCH3 is 1. The molecule has 0 saturated heterocycles. The first-order valence-corrected chi connectivity index (χ1v) is 9.23. The molecular weight excluding hydrogens is 393 g/mol. The van der Waals surface area contributed by atoms with E-state index in [9.17, 15) is 18.0 Å². The number of halogens is 3. The Labute approximate surface area is 163 Å². The molecule has 0 N–H and O–H groups in total. The Balaban J connectivity index is 1.86. The van der Waals surface area contributed by atoms with Gasteiger partial charge in [-0.15, -0.1) is 24.5 Å². The number of fused-ring (bicyclic) bond motifs is 1. The monoisotopic (exact) mass is 410 g/mol. The van der Waals surface area contributed by atoms with Gasteiger partial charge in [0.2, 0.25) is 0 Å². The molecule has 0 amide bonds. The van der Waals surface area contributed by atoms with Gasteiger partial charge in [-0.1, -0.05) is 19.1 Å². The van der Waals surface area contributed by atoms with Crippen molar-refractivity contribution in [1.29, 1.82) is 0 Å². The highest BCUT2D eigenvalue weighted by Gasteiger charge is 2.31. The summed E-state index contributed by atoms with van der Waals surface area (Å²) >= 11 is 1.61. The molecule has 0 aliphatic heterocycles. The predicted octanol–water partition coefficient (Wildman–Crippen LogP) is 5.73. The second-order valence-electron chi connectivity index (χ2n) is 5.89. The molecule has 4 nitrogen and oxygen atoms in total. The molecule has 148 valence electrons. The number of aryl methyl sites for hydroxylation is 1. The van der Waals surface area contributed by atoms with Crippen LogP contribution in [0.2, 0.25) is 0 Å². The predicted molar refractivity (Wildman–Crippen MR) is 100.0 cm³/mol. The summed E-state index contributed by atoms with van der Waals surface area (Å²) in [5.74, 6) is -0.426. The lowest BCUT2D eigenvalue weighted by atomic mass is 10.1. The first-order valence-electron chi connectivity index (χ1n) is 8.42. The summed E-state index contributed by atoms with van der Waals surface area (Å²) in [6, 6.07) is 10.9. The fraction of sp³-hybridized carbons (Fsp3) is 0.250. The Bertz CT molecular complexity index is 978. The van der Waals surface area contributed by atoms with Gasteiger partial charge in [0.15, 0.2) is 0 Å². The summed E-state index contributed by atoms with van der Waals surface area (Å²) in [4.78, 5) is 13.3. The first-order chi connectivity index (χ1) is 13.3. The van der Waals surface area contributed by atoms with E-state index >= 15 is 0 Å². The number of carbonyl (C=O) groups is 1. The number of esters is 1. The van der Waals surface area contributed by atoms with Gasteiger partial charge in [0.05, 0.1) is 7.11 Å². The lowest BCUT2D eigenvalue weighted by Gasteiger charge is -2.13. The molecule has 3 rings (SSSR count). The first kappa shape index (κ1) is 20.0. The van der Waals surface area contributed by atoms with Crippen LogP contribution in [0.15, 0.2) is 42.5 Å². The van der Waals surface area contributed by atoms with Crippen LogP contribution < -0.4 is 9.47 Å². The average molecular weight is 410 g/mol. The zero-order valence-electron chi connectivity index (χ0n) is 15.1. The largest absolute Gasteiger partial charge is 0.573 e. The molecule has 1 heterocycles. The van der Waals surface area contributed by atoms with Gasteiger partial charge in [-0.25, -0.2) is 4.79 Å². The summed E-state index contributed by atoms with van der Waals surface area (Å²) in [6.07, 6.45) is -3.88. The van der Waals surface area contributed by atoms with Crippen molar-refractivity contribution in [2.24, 2.45) is 0 Å². The maximum atomic E-state index is 12.3. The van der Waals surface area contributed by atoms with Crippen molar-refractivity contribution in [2.75, 3.05) is 7.11 Å². The Hall–Kier alpha value is -2.74. The number of ether oxygens (including phenoxy) is 3. The summed E-state index contributed by atoms with van der Waals surface area (Å²) in [7, 11) is 1.29. The van der Waals surface area contributed by atoms with E-state index in [0.29, 0.717) is 16.9 Å². The summed E-state index contributed by atoms with van der Waals surface area (Å²) < 4.78 is 52.3. The van der Waals surface area contributed by atoms with Crippen molar-refractivity contribution < 1.29 is 32.2 Å². The fourth-order valence-corrected chi connectivity index (χ4v) is 3.68. The Kier molecular flexibility index (Phi) is 5.79. The van der Waals surface area contributed by atoms with Gasteiger partial charge in [-0.3, -0.25) is 0 Å². The molecule has 0 radical (unpaired) electrons. The summed E-state index contributed by atoms with van der Waals surface area (Å²) in [6.45, 7) is 2.11. The number of hydrogen-bond acceptors (Lipinski definition) is 5. The third kappa shape index (κ3) is 4.56. The number of alkyl halides is 3. The van der Waals surface area contributed by atoms with Gasteiger partial charge >= 0.3 is 12.3 Å². The Morgan fingerprint density at radius 2 is 1.82 bits per heavy atom. The number of thiophene rings is 1. The SMILES string of the molecule is CCc1cc2c(OCc3ccc(OC(F)(F)F)cc3)c(C(=O)OC)ccc2s1. The highest BCUT2D eigenvalue weighted by Crippen LogP contribution is 2.37. The van der Waals surface area contributed by atoms with E-state index in [2.05, 4.69) is 4.74 Å². The Morgan fingerprint density at radius 1 is 1.11 bits per heavy atom. The minimum absolute atomic E-state index is 0.0761. The standard InChI is InChI=1S/C20H17F3O4S/c1-3-14-10-16-17(28-14)9-8-15(19(24)25-2)18(16)26-11-12-4-6-13(7-5-12)27-20(21,22)23/h4-10H,3,11H2,1-2H3. The van der Waals surface area contributed by atoms with Crippen molar-refractivity contribution in [3.05, 3.63) is 58.5 Å². The van der Waals surface area contributed by atoms with Gasteiger partial charge < -0.3 is 14.2 Å². The molecule has 28 heavy (non-hydrogen) atoms. The second-order valence-corrected chi connectivity index (χ2v) is 7.06. The molecule has 0 saturated carbocycles. The normalized spacial score (nSPS) is 11.5. The van der Waals surface area contributed by atoms with E-state index in [1.165, 1.54) is 31.4 Å². The van der Waals surface area contributed by atoms with E-state index in [1.807, 2.05) is 19.1 Å². The molecule has 1 aromatic heterocycles. The van der Waals surface area contributed by atoms with Crippen LogP contribution in [-0.2, 0) is 17.8 Å². The van der Waals surface area contributed by atoms with Crippen LogP contribution in [0.25, 0.3) is 10.1 Å². The van der Waals surface area contributed by atoms with E-state index in [1.54, 1.807) is 17.4 Å². The van der Waals surface area contributed by atoms with Gasteiger partial charge in [-0.2, -0.15) is 0 Å². The van der Waals surface area contributed by atoms with Gasteiger partial charge in [0, 0.05) is 15.0 Å². The van der Waals surface area contributed by atoms with Crippen LogP contribution in [0.3, 0.4) is 0 Å². The second kappa shape index (κ2) is 8.10. The van der Waals surface area contributed by atoms with Crippen molar-refractivity contribution in [3.8, 4) is 11.5 Å². The zero-order chi connectivity index (χ0) is 20.3. The van der Waals surface area contributed by atoms with Gasteiger partial charge in [0.25, 0.3) is 0 Å². The zero-order valence-corrected chi connectivity index (χ0v) is 15.9. The van der Waals surface area contributed by atoms with Crippen LogP contribution >= 0.6 is 11.3 Å². The number of rotatable bonds is 6. The molecule has 0 bridgehead atoms. The smallest absolute Gasteiger partial charge is 0.487 e. The number of benzene rings is 2. The van der Waals surface area contributed by atoms with E-state index in [-0.39, 0.29) is 12.4 Å². The molecule has 0 unspecified atom stereocenters. The van der Waals surface area contributed by atoms with E-state index in [4.69, 9.17) is 9.47 Å². The van der Waals surface area contributed by atoms with Crippen molar-refractivity contribution in [1.82, 2.24) is 0 Å². The lowest BCUT2D eigenvalue weighted by molar-refractivity contribution is -0.274. The van der Waals surface area contributed by atoms with E-state index < -0.39 is 12.3 Å². The number of hydrogen-bond donors (Lipinski definition) is 0. The highest BCUT2D eigenvalue weighted by atomic mass is 32.1. The molecule has 0 aliphatic carbocycles. The highest BCUT2D eigenvalue weighted by molar-refractivity contribution is 7.19. The minimum Gasteiger partial charge on any atom is -0.487 e. The molecule has 0 aliphatic rings. The number of carbonyl (C=O) groups excluding carboxylic acids is 1. The fourth-order valence-electron chi connectivity index (χ4n) is 2.68. The molecule has 8 heteroatoms. The van der Waals surface area contributed by atoms with Gasteiger partial charge in [0.1, 0.15) is 23.7 Å². The van der Waals surface area contributed by atoms with Crippen LogP contribution in [0.1, 0.15) is 27.7 Å². The third-order valence-corrected chi connectivity index (χ3v) is 5.24. The van der Waals surface area contributed by atoms with Gasteiger partial charge in [-0.05, 0) is 42.3 Å². The van der Waals surface area contributed by atoms with Crippen LogP contribution in [0, 0.1) is 0 Å². The van der Waals surface area contributed by atoms with Crippen LogP contribution in [0.5, 0.6) is 11.5 Å². The topological polar surface area (TPSA) is 44.8 Å². The quantitative estimate of drug-likeness (QED) is 0.487. The Morgan fingerprint density at radius 3 is 2.43 bits per heavy atom. The summed E-state index contributed by atoms with van der Waals surface area (Å²) in [5.41, 5.74) is 0.931. The molecular formula is C20H17F3O4S. The van der Waals surface area contributed by atoms with Crippen LogP contribution in [-0.4, -0.2) is 19.4 Å². The van der Waals surface area contributed by atoms with E-state index in [0.717, 1.165) is 21.4 Å². The van der Waals surface area contributed by atoms with Crippen molar-refractivity contribution in [2.45, 2.75) is 26.3 Å². The maximum absolute atomic E-state index is 12.3. The van der Waals surface area contributed by atoms with Crippen molar-refractivity contribution in [3.63, 3.8) is 0 Å². The molecule has 0 fully saturated rings. The minimum atomic E-state index is -4.74. The van der Waals surface area contributed by atoms with Crippen molar-refractivity contribution >= 4 is 27.4 Å². The maximum Gasteiger partial charge on any atom is 0.573 e. The lowest BCUT2D eigenvalue weighted by Crippen LogP contribution is -2.17. The molecule has 0 spiro atoms. The molecule has 2 aromatic carbocycles. The molecule has 0 atom stereocenters. The average Bonchev–Trinajstić information content (AvgIpc) is 3.09. The summed E-state index contributed by atoms with van der Waals surface area (Å²) in [5, 5.41) is 0.807. The van der Waals surface area contributed by atoms with Crippen LogP contribution in [0.4, 0.5) is 13.2 Å². The molecule has 3 aromatic rings.